The molecule has 0 saturated heterocycles. The SMILES string of the molecule is COC(=O)[C@@H](NC(=O)CCC(NC(=O)OC(C)(C)C)C(C)C)C(C)C. The van der Waals surface area contributed by atoms with E-state index < -0.39 is 23.7 Å². The molecule has 25 heavy (non-hydrogen) atoms. The summed E-state index contributed by atoms with van der Waals surface area (Å²) in [5.41, 5.74) is -0.575. The number of ether oxygens (including phenoxy) is 2. The zero-order valence-electron chi connectivity index (χ0n) is 16.8. The van der Waals surface area contributed by atoms with Gasteiger partial charge >= 0.3 is 12.1 Å². The Labute approximate surface area is 151 Å². The molecule has 0 bridgehead atoms. The zero-order chi connectivity index (χ0) is 19.8. The summed E-state index contributed by atoms with van der Waals surface area (Å²) in [6.45, 7) is 13.0. The summed E-state index contributed by atoms with van der Waals surface area (Å²) in [5, 5.41) is 5.50. The average Bonchev–Trinajstić information content (AvgIpc) is 2.45. The highest BCUT2D eigenvalue weighted by Crippen LogP contribution is 2.12. The van der Waals surface area contributed by atoms with E-state index in [2.05, 4.69) is 10.6 Å². The first-order valence-electron chi connectivity index (χ1n) is 8.74. The number of methoxy groups -OCH3 is 1. The normalized spacial score (nSPS) is 14.0. The van der Waals surface area contributed by atoms with E-state index in [1.807, 2.05) is 27.7 Å². The van der Waals surface area contributed by atoms with Crippen molar-refractivity contribution in [1.29, 1.82) is 0 Å². The molecule has 0 aliphatic heterocycles. The van der Waals surface area contributed by atoms with Crippen molar-refractivity contribution < 1.29 is 23.9 Å². The fraction of sp³-hybridized carbons (Fsp3) is 0.833. The molecule has 0 aromatic heterocycles. The lowest BCUT2D eigenvalue weighted by Gasteiger charge is -2.26. The summed E-state index contributed by atoms with van der Waals surface area (Å²) in [6.07, 6.45) is 0.148. The minimum absolute atomic E-state index is 0.0721. The van der Waals surface area contributed by atoms with Gasteiger partial charge in [-0.1, -0.05) is 27.7 Å². The Kier molecular flexibility index (Phi) is 9.52. The van der Waals surface area contributed by atoms with Gasteiger partial charge in [0.1, 0.15) is 11.6 Å². The van der Waals surface area contributed by atoms with E-state index in [0.717, 1.165) is 0 Å². The summed E-state index contributed by atoms with van der Waals surface area (Å²) in [6, 6.07) is -0.870. The molecule has 1 unspecified atom stereocenters. The van der Waals surface area contributed by atoms with Crippen LogP contribution in [0.3, 0.4) is 0 Å². The summed E-state index contributed by atoms with van der Waals surface area (Å²) in [4.78, 5) is 35.8. The number of carbonyl (C=O) groups is 3. The van der Waals surface area contributed by atoms with Gasteiger partial charge in [-0.3, -0.25) is 4.79 Å². The Hall–Kier alpha value is -1.79. The molecule has 0 fully saturated rings. The van der Waals surface area contributed by atoms with Crippen molar-refractivity contribution in [3.05, 3.63) is 0 Å². The monoisotopic (exact) mass is 358 g/mol. The van der Waals surface area contributed by atoms with Gasteiger partial charge in [0.2, 0.25) is 5.91 Å². The summed E-state index contributed by atoms with van der Waals surface area (Å²) >= 11 is 0. The lowest BCUT2D eigenvalue weighted by molar-refractivity contribution is -0.146. The molecule has 0 aromatic carbocycles. The van der Waals surface area contributed by atoms with Gasteiger partial charge in [0.25, 0.3) is 0 Å². The number of nitrogens with one attached hydrogen (secondary N) is 2. The number of amides is 2. The third-order valence-corrected chi connectivity index (χ3v) is 3.63. The third kappa shape index (κ3) is 9.94. The van der Waals surface area contributed by atoms with Crippen LogP contribution in [0, 0.1) is 11.8 Å². The van der Waals surface area contributed by atoms with Gasteiger partial charge in [-0.05, 0) is 39.0 Å². The van der Waals surface area contributed by atoms with Gasteiger partial charge in [0, 0.05) is 12.5 Å². The molecule has 0 rings (SSSR count). The molecule has 7 nitrogen and oxygen atoms in total. The van der Waals surface area contributed by atoms with E-state index in [-0.39, 0.29) is 30.2 Å². The second-order valence-electron chi connectivity index (χ2n) is 7.85. The molecular formula is C18H34N2O5. The van der Waals surface area contributed by atoms with Crippen LogP contribution in [-0.2, 0) is 19.1 Å². The second kappa shape index (κ2) is 10.3. The van der Waals surface area contributed by atoms with Crippen LogP contribution in [0.5, 0.6) is 0 Å². The van der Waals surface area contributed by atoms with Crippen molar-refractivity contribution in [1.82, 2.24) is 10.6 Å². The first-order valence-corrected chi connectivity index (χ1v) is 8.74. The number of rotatable bonds is 8. The van der Waals surface area contributed by atoms with E-state index in [1.165, 1.54) is 7.11 Å². The topological polar surface area (TPSA) is 93.7 Å². The van der Waals surface area contributed by atoms with Crippen LogP contribution >= 0.6 is 0 Å². The van der Waals surface area contributed by atoms with E-state index >= 15 is 0 Å². The van der Waals surface area contributed by atoms with Crippen molar-refractivity contribution in [2.24, 2.45) is 11.8 Å². The first kappa shape index (κ1) is 23.2. The molecule has 0 saturated carbocycles. The van der Waals surface area contributed by atoms with Gasteiger partial charge in [-0.25, -0.2) is 9.59 Å². The fourth-order valence-corrected chi connectivity index (χ4v) is 2.19. The van der Waals surface area contributed by atoms with Crippen LogP contribution in [0.1, 0.15) is 61.3 Å². The highest BCUT2D eigenvalue weighted by atomic mass is 16.6. The van der Waals surface area contributed by atoms with E-state index in [0.29, 0.717) is 6.42 Å². The molecule has 0 spiro atoms. The van der Waals surface area contributed by atoms with E-state index in [4.69, 9.17) is 9.47 Å². The predicted molar refractivity (Wildman–Crippen MR) is 96.0 cm³/mol. The Morgan fingerprint density at radius 3 is 1.92 bits per heavy atom. The van der Waals surface area contributed by atoms with E-state index in [1.54, 1.807) is 20.8 Å². The van der Waals surface area contributed by atoms with Crippen molar-refractivity contribution in [2.45, 2.75) is 79.0 Å². The van der Waals surface area contributed by atoms with Crippen LogP contribution in [-0.4, -0.2) is 42.8 Å². The van der Waals surface area contributed by atoms with Gasteiger partial charge in [0.05, 0.1) is 7.11 Å². The highest BCUT2D eigenvalue weighted by Gasteiger charge is 2.26. The molecule has 0 radical (unpaired) electrons. The third-order valence-electron chi connectivity index (χ3n) is 3.63. The van der Waals surface area contributed by atoms with Crippen molar-refractivity contribution in [3.8, 4) is 0 Å². The average molecular weight is 358 g/mol. The first-order chi connectivity index (χ1) is 11.4. The fourth-order valence-electron chi connectivity index (χ4n) is 2.19. The van der Waals surface area contributed by atoms with Gasteiger partial charge in [-0.2, -0.15) is 0 Å². The Morgan fingerprint density at radius 1 is 0.960 bits per heavy atom. The van der Waals surface area contributed by atoms with Crippen molar-refractivity contribution in [2.75, 3.05) is 7.11 Å². The number of alkyl carbamates (subject to hydrolysis) is 1. The molecule has 146 valence electrons. The maximum Gasteiger partial charge on any atom is 0.407 e. The quantitative estimate of drug-likeness (QED) is 0.651. The van der Waals surface area contributed by atoms with Crippen molar-refractivity contribution >= 4 is 18.0 Å². The number of hydrogen-bond acceptors (Lipinski definition) is 5. The Bertz CT molecular complexity index is 455. The molecule has 0 aromatic rings. The number of carbonyl (C=O) groups excluding carboxylic acids is 3. The van der Waals surface area contributed by atoms with Crippen LogP contribution in [0.25, 0.3) is 0 Å². The van der Waals surface area contributed by atoms with Gasteiger partial charge in [-0.15, -0.1) is 0 Å². The predicted octanol–water partition coefficient (Wildman–Crippen LogP) is 2.63. The lowest BCUT2D eigenvalue weighted by Crippen LogP contribution is -2.46. The minimum atomic E-state index is -0.672. The molecule has 2 N–H and O–H groups in total. The van der Waals surface area contributed by atoms with Gasteiger partial charge in [0.15, 0.2) is 0 Å². The van der Waals surface area contributed by atoms with Crippen LogP contribution in [0.2, 0.25) is 0 Å². The van der Waals surface area contributed by atoms with E-state index in [9.17, 15) is 14.4 Å². The maximum atomic E-state index is 12.2. The van der Waals surface area contributed by atoms with Crippen LogP contribution in [0.15, 0.2) is 0 Å². The molecule has 7 heteroatoms. The second-order valence-corrected chi connectivity index (χ2v) is 7.85. The summed E-state index contributed by atoms with van der Waals surface area (Å²) < 4.78 is 9.97. The molecule has 0 aliphatic rings. The van der Waals surface area contributed by atoms with Gasteiger partial charge < -0.3 is 20.1 Å². The largest absolute Gasteiger partial charge is 0.467 e. The lowest BCUT2D eigenvalue weighted by atomic mass is 9.98. The smallest absolute Gasteiger partial charge is 0.407 e. The number of hydrogen-bond donors (Lipinski definition) is 2. The molecular weight excluding hydrogens is 324 g/mol. The maximum absolute atomic E-state index is 12.2. The summed E-state index contributed by atoms with van der Waals surface area (Å²) in [5.74, 6) is -0.643. The highest BCUT2D eigenvalue weighted by molar-refractivity contribution is 5.84. The Balaban J connectivity index is 4.62. The van der Waals surface area contributed by atoms with Crippen LogP contribution < -0.4 is 10.6 Å². The van der Waals surface area contributed by atoms with Crippen LogP contribution in [0.4, 0.5) is 4.79 Å². The molecule has 2 atom stereocenters. The minimum Gasteiger partial charge on any atom is -0.467 e. The Morgan fingerprint density at radius 2 is 1.52 bits per heavy atom. The zero-order valence-corrected chi connectivity index (χ0v) is 16.8. The molecule has 2 amide bonds. The summed E-state index contributed by atoms with van der Waals surface area (Å²) in [7, 11) is 1.30. The molecule has 0 aliphatic carbocycles. The molecule has 0 heterocycles. The number of esters is 1. The van der Waals surface area contributed by atoms with Crippen molar-refractivity contribution in [3.63, 3.8) is 0 Å². The standard InChI is InChI=1S/C18H34N2O5/c1-11(2)13(19-17(23)25-18(5,6)7)9-10-14(21)20-15(12(3)4)16(22)24-8/h11-13,15H,9-10H2,1-8H3,(H,19,23)(H,20,21)/t13?,15-/m0/s1.